The van der Waals surface area contributed by atoms with Crippen molar-refractivity contribution in [3.8, 4) is 5.75 Å². The van der Waals surface area contributed by atoms with Crippen LogP contribution in [0.3, 0.4) is 0 Å². The van der Waals surface area contributed by atoms with Gasteiger partial charge in [-0.25, -0.2) is 0 Å². The monoisotopic (exact) mass is 456 g/mol. The zero-order chi connectivity index (χ0) is 24.4. The van der Waals surface area contributed by atoms with Crippen molar-refractivity contribution in [2.75, 3.05) is 7.11 Å². The first-order chi connectivity index (χ1) is 16.3. The number of nitrogens with zero attached hydrogens (tertiary/aromatic N) is 2. The number of methoxy groups -OCH3 is 1. The maximum Gasteiger partial charge on any atom is 0.295 e. The molecule has 0 bridgehead atoms. The Kier molecular flexibility index (Phi) is 6.50. The fraction of sp³-hybridized carbons (Fsp3) is 0.250. The van der Waals surface area contributed by atoms with Crippen molar-refractivity contribution >= 4 is 17.4 Å². The summed E-state index contributed by atoms with van der Waals surface area (Å²) >= 11 is 0. The molecule has 1 aromatic heterocycles. The number of pyridine rings is 1. The number of Topliss-reactive ketones (excluding diaryl/α,β-unsaturated/α-hetero) is 1. The van der Waals surface area contributed by atoms with Crippen molar-refractivity contribution in [2.45, 2.75) is 39.3 Å². The second-order valence-corrected chi connectivity index (χ2v) is 8.78. The van der Waals surface area contributed by atoms with Gasteiger partial charge in [-0.2, -0.15) is 0 Å². The molecular weight excluding hydrogens is 428 g/mol. The van der Waals surface area contributed by atoms with Crippen molar-refractivity contribution in [3.05, 3.63) is 100 Å². The number of carbonyl (C=O) groups is 2. The van der Waals surface area contributed by atoms with Crippen molar-refractivity contribution < 1.29 is 19.4 Å². The van der Waals surface area contributed by atoms with Crippen LogP contribution in [0.1, 0.15) is 53.6 Å². The summed E-state index contributed by atoms with van der Waals surface area (Å²) in [6.07, 6.45) is 3.30. The van der Waals surface area contributed by atoms with Crippen LogP contribution < -0.4 is 4.74 Å². The van der Waals surface area contributed by atoms with E-state index in [2.05, 4.69) is 18.8 Å². The van der Waals surface area contributed by atoms with E-state index in [0.29, 0.717) is 17.2 Å². The quantitative estimate of drug-likeness (QED) is 0.315. The maximum atomic E-state index is 13.3. The molecule has 1 N–H and O–H groups in total. The van der Waals surface area contributed by atoms with E-state index in [1.54, 1.807) is 37.7 Å². The zero-order valence-corrected chi connectivity index (χ0v) is 19.8. The number of aliphatic hydroxyl groups is 1. The third kappa shape index (κ3) is 4.31. The smallest absolute Gasteiger partial charge is 0.295 e. The summed E-state index contributed by atoms with van der Waals surface area (Å²) in [6.45, 7) is 6.27. The molecule has 34 heavy (non-hydrogen) atoms. The molecule has 0 aliphatic carbocycles. The molecule has 6 nitrogen and oxygen atoms in total. The number of ether oxygens (including phenoxy) is 1. The minimum absolute atomic E-state index is 0.0876. The first-order valence-corrected chi connectivity index (χ1v) is 11.2. The number of hydrogen-bond acceptors (Lipinski definition) is 5. The highest BCUT2D eigenvalue weighted by Crippen LogP contribution is 2.41. The average molecular weight is 457 g/mol. The van der Waals surface area contributed by atoms with Crippen molar-refractivity contribution in [1.82, 2.24) is 9.88 Å². The molecule has 1 unspecified atom stereocenters. The van der Waals surface area contributed by atoms with E-state index in [4.69, 9.17) is 4.74 Å². The minimum Gasteiger partial charge on any atom is -0.507 e. The van der Waals surface area contributed by atoms with Crippen LogP contribution in [0.15, 0.2) is 72.6 Å². The van der Waals surface area contributed by atoms with Gasteiger partial charge in [-0.15, -0.1) is 0 Å². The molecule has 1 aliphatic heterocycles. The Balaban J connectivity index is 1.87. The van der Waals surface area contributed by atoms with E-state index >= 15 is 0 Å². The van der Waals surface area contributed by atoms with Gasteiger partial charge in [-0.1, -0.05) is 38.1 Å². The van der Waals surface area contributed by atoms with E-state index in [0.717, 1.165) is 22.3 Å². The summed E-state index contributed by atoms with van der Waals surface area (Å²) in [4.78, 5) is 32.0. The van der Waals surface area contributed by atoms with E-state index in [9.17, 15) is 14.7 Å². The van der Waals surface area contributed by atoms with Gasteiger partial charge in [0.2, 0.25) is 0 Å². The van der Waals surface area contributed by atoms with Gasteiger partial charge in [0.25, 0.3) is 11.7 Å². The van der Waals surface area contributed by atoms with Crippen molar-refractivity contribution in [2.24, 2.45) is 0 Å². The molecule has 0 spiro atoms. The number of aromatic nitrogens is 1. The molecule has 3 aromatic rings. The maximum absolute atomic E-state index is 13.3. The lowest BCUT2D eigenvalue weighted by atomic mass is 9.92. The number of rotatable bonds is 6. The highest BCUT2D eigenvalue weighted by atomic mass is 16.5. The summed E-state index contributed by atoms with van der Waals surface area (Å²) in [5.41, 5.74) is 4.09. The summed E-state index contributed by atoms with van der Waals surface area (Å²) < 4.78 is 5.27. The molecule has 4 rings (SSSR count). The van der Waals surface area contributed by atoms with Crippen molar-refractivity contribution in [1.29, 1.82) is 0 Å². The third-order valence-corrected chi connectivity index (χ3v) is 6.25. The van der Waals surface area contributed by atoms with Crippen LogP contribution in [-0.4, -0.2) is 33.8 Å². The van der Waals surface area contributed by atoms with Crippen LogP contribution >= 0.6 is 0 Å². The fourth-order valence-corrected chi connectivity index (χ4v) is 4.31. The second kappa shape index (κ2) is 9.51. The number of aryl methyl sites for hydroxylation is 1. The second-order valence-electron chi connectivity index (χ2n) is 8.78. The van der Waals surface area contributed by atoms with Crippen LogP contribution in [0, 0.1) is 6.92 Å². The predicted octanol–water partition coefficient (Wildman–Crippen LogP) is 5.14. The molecule has 1 amide bonds. The van der Waals surface area contributed by atoms with Crippen LogP contribution in [0.2, 0.25) is 0 Å². The average Bonchev–Trinajstić information content (AvgIpc) is 3.09. The lowest BCUT2D eigenvalue weighted by molar-refractivity contribution is -0.140. The van der Waals surface area contributed by atoms with Crippen LogP contribution in [0.4, 0.5) is 0 Å². The summed E-state index contributed by atoms with van der Waals surface area (Å²) in [7, 11) is 1.57. The van der Waals surface area contributed by atoms with Crippen LogP contribution in [0.25, 0.3) is 5.76 Å². The van der Waals surface area contributed by atoms with Gasteiger partial charge in [0, 0.05) is 24.5 Å². The Morgan fingerprint density at radius 3 is 2.32 bits per heavy atom. The lowest BCUT2D eigenvalue weighted by Crippen LogP contribution is -2.29. The number of amides is 1. The molecule has 1 aliphatic rings. The third-order valence-electron chi connectivity index (χ3n) is 6.25. The van der Waals surface area contributed by atoms with E-state index in [1.807, 2.05) is 43.3 Å². The largest absolute Gasteiger partial charge is 0.507 e. The van der Waals surface area contributed by atoms with Gasteiger partial charge < -0.3 is 14.7 Å². The highest BCUT2D eigenvalue weighted by Gasteiger charge is 2.46. The molecule has 6 heteroatoms. The molecule has 2 heterocycles. The molecule has 2 aromatic carbocycles. The SMILES string of the molecule is COc1ccc(/C(O)=C2/C(=O)C(=O)N(Cc3ccncc3)C2c2ccc(C(C)C)cc2)c(C)c1. The summed E-state index contributed by atoms with van der Waals surface area (Å²) in [5.74, 6) is -0.525. The van der Waals surface area contributed by atoms with E-state index < -0.39 is 17.7 Å². The van der Waals surface area contributed by atoms with Crippen LogP contribution in [-0.2, 0) is 16.1 Å². The van der Waals surface area contributed by atoms with E-state index in [-0.39, 0.29) is 17.9 Å². The fourth-order valence-electron chi connectivity index (χ4n) is 4.31. The zero-order valence-electron chi connectivity index (χ0n) is 19.8. The molecule has 1 atom stereocenters. The molecule has 0 radical (unpaired) electrons. The number of carbonyl (C=O) groups excluding carboxylic acids is 2. The first kappa shape index (κ1) is 23.2. The Morgan fingerprint density at radius 2 is 1.74 bits per heavy atom. The Hall–Kier alpha value is -3.93. The number of hydrogen-bond donors (Lipinski definition) is 1. The predicted molar refractivity (Wildman–Crippen MR) is 130 cm³/mol. The van der Waals surface area contributed by atoms with Gasteiger partial charge >= 0.3 is 0 Å². The van der Waals surface area contributed by atoms with Gasteiger partial charge in [-0.3, -0.25) is 14.6 Å². The minimum atomic E-state index is -0.712. The van der Waals surface area contributed by atoms with Gasteiger partial charge in [0.15, 0.2) is 0 Å². The Labute approximate surface area is 199 Å². The first-order valence-electron chi connectivity index (χ1n) is 11.2. The lowest BCUT2D eigenvalue weighted by Gasteiger charge is -2.26. The van der Waals surface area contributed by atoms with Crippen LogP contribution in [0.5, 0.6) is 5.75 Å². The Morgan fingerprint density at radius 1 is 1.06 bits per heavy atom. The molecule has 174 valence electrons. The summed E-state index contributed by atoms with van der Waals surface area (Å²) in [5, 5.41) is 11.3. The number of ketones is 1. The molecule has 1 fully saturated rings. The number of aliphatic hydroxyl groups excluding tert-OH is 1. The summed E-state index contributed by atoms with van der Waals surface area (Å²) in [6, 6.07) is 16.0. The van der Waals surface area contributed by atoms with Crippen molar-refractivity contribution in [3.63, 3.8) is 0 Å². The number of benzene rings is 2. The topological polar surface area (TPSA) is 79.7 Å². The molecule has 1 saturated heterocycles. The van der Waals surface area contributed by atoms with Gasteiger partial charge in [-0.05, 0) is 65.4 Å². The van der Waals surface area contributed by atoms with Gasteiger partial charge in [0.1, 0.15) is 11.5 Å². The standard InChI is InChI=1S/C28H28N2O4/c1-17(2)20-5-7-21(8-6-20)25-24(26(31)23-10-9-22(34-4)15-18(23)3)27(32)28(33)30(25)16-19-11-13-29-14-12-19/h5-15,17,25,31H,16H2,1-4H3/b26-24-. The number of likely N-dealkylation sites (tertiary alicyclic amines) is 1. The highest BCUT2D eigenvalue weighted by molar-refractivity contribution is 6.46. The Bertz CT molecular complexity index is 1250. The normalized spacial score (nSPS) is 17.4. The molecular formula is C28H28N2O4. The van der Waals surface area contributed by atoms with E-state index in [1.165, 1.54) is 4.90 Å². The molecule has 0 saturated carbocycles. The van der Waals surface area contributed by atoms with Gasteiger partial charge in [0.05, 0.1) is 18.7 Å².